The zero-order valence-electron chi connectivity index (χ0n) is 17.4. The highest BCUT2D eigenvalue weighted by Gasteiger charge is 2.17. The van der Waals surface area contributed by atoms with Gasteiger partial charge >= 0.3 is 0 Å². The Morgan fingerprint density at radius 2 is 1.94 bits per heavy atom. The molecule has 9 heteroatoms. The van der Waals surface area contributed by atoms with Crippen LogP contribution in [-0.4, -0.2) is 28.3 Å². The number of anilines is 1. The van der Waals surface area contributed by atoms with E-state index in [0.29, 0.717) is 43.8 Å². The maximum atomic E-state index is 13.4. The number of amides is 1. The topological polar surface area (TPSA) is 97.0 Å². The van der Waals surface area contributed by atoms with Gasteiger partial charge < -0.3 is 10.1 Å². The van der Waals surface area contributed by atoms with Gasteiger partial charge in [0, 0.05) is 10.7 Å². The van der Waals surface area contributed by atoms with Gasteiger partial charge in [0.15, 0.2) is 5.16 Å². The van der Waals surface area contributed by atoms with Gasteiger partial charge in [0.2, 0.25) is 5.91 Å². The van der Waals surface area contributed by atoms with Crippen LogP contribution < -0.4 is 15.6 Å². The number of carbonyl (C=O) groups is 1. The molecule has 0 radical (unpaired) electrons. The van der Waals surface area contributed by atoms with Gasteiger partial charge in [-0.25, -0.2) is 4.98 Å². The third kappa shape index (κ3) is 4.85. The third-order valence-electron chi connectivity index (χ3n) is 4.76. The van der Waals surface area contributed by atoms with Crippen LogP contribution in [0.2, 0.25) is 5.02 Å². The van der Waals surface area contributed by atoms with Crippen LogP contribution >= 0.6 is 23.4 Å². The number of carbonyl (C=O) groups excluding carboxylic acids is 1. The third-order valence-corrected chi connectivity index (χ3v) is 5.93. The fraction of sp³-hybridized carbons (Fsp3) is 0.0833. The van der Waals surface area contributed by atoms with E-state index in [1.54, 1.807) is 66.7 Å². The molecular formula is C24H17ClN4O3S. The van der Waals surface area contributed by atoms with Crippen molar-refractivity contribution in [3.63, 3.8) is 0 Å². The van der Waals surface area contributed by atoms with Crippen molar-refractivity contribution in [3.05, 3.63) is 87.7 Å². The SMILES string of the molecule is COc1ccccc1-n1c(SCC(=O)Nc2ccc(C#N)cc2)nc2cc(Cl)ccc2c1=O. The summed E-state index contributed by atoms with van der Waals surface area (Å²) in [6.07, 6.45) is 0. The lowest BCUT2D eigenvalue weighted by molar-refractivity contribution is -0.113. The number of rotatable bonds is 6. The predicted octanol–water partition coefficient (Wildman–Crippen LogP) is 4.65. The fourth-order valence-electron chi connectivity index (χ4n) is 3.22. The molecule has 0 saturated carbocycles. The highest BCUT2D eigenvalue weighted by molar-refractivity contribution is 7.99. The Hall–Kier alpha value is -3.80. The fourth-order valence-corrected chi connectivity index (χ4v) is 4.19. The molecule has 0 unspecified atom stereocenters. The van der Waals surface area contributed by atoms with Crippen LogP contribution in [0, 0.1) is 11.3 Å². The normalized spacial score (nSPS) is 10.6. The molecular weight excluding hydrogens is 460 g/mol. The number of benzene rings is 3. The first-order chi connectivity index (χ1) is 16.0. The van der Waals surface area contributed by atoms with Crippen molar-refractivity contribution in [2.45, 2.75) is 5.16 Å². The van der Waals surface area contributed by atoms with E-state index in [4.69, 9.17) is 21.6 Å². The molecule has 3 aromatic carbocycles. The number of fused-ring (bicyclic) bond motifs is 1. The molecule has 1 heterocycles. The Kier molecular flexibility index (Phi) is 6.63. The highest BCUT2D eigenvalue weighted by Crippen LogP contribution is 2.28. The molecule has 0 atom stereocenters. The Bertz CT molecular complexity index is 1450. The van der Waals surface area contributed by atoms with E-state index < -0.39 is 0 Å². The molecule has 33 heavy (non-hydrogen) atoms. The van der Waals surface area contributed by atoms with Gasteiger partial charge in [0.05, 0.1) is 41.1 Å². The zero-order chi connectivity index (χ0) is 23.4. The Labute approximate surface area is 198 Å². The lowest BCUT2D eigenvalue weighted by Crippen LogP contribution is -2.23. The number of nitrogens with zero attached hydrogens (tertiary/aromatic N) is 3. The van der Waals surface area contributed by atoms with Crippen molar-refractivity contribution in [1.82, 2.24) is 9.55 Å². The van der Waals surface area contributed by atoms with Gasteiger partial charge in [-0.3, -0.25) is 14.2 Å². The molecule has 1 aromatic heterocycles. The minimum absolute atomic E-state index is 0.00760. The first-order valence-corrected chi connectivity index (χ1v) is 11.1. The van der Waals surface area contributed by atoms with Crippen LogP contribution in [0.1, 0.15) is 5.56 Å². The first kappa shape index (κ1) is 22.4. The number of halogens is 1. The average Bonchev–Trinajstić information content (AvgIpc) is 2.83. The second-order valence-electron chi connectivity index (χ2n) is 6.89. The maximum absolute atomic E-state index is 13.4. The summed E-state index contributed by atoms with van der Waals surface area (Å²) in [4.78, 5) is 30.6. The number of aromatic nitrogens is 2. The number of ether oxygens (including phenoxy) is 1. The largest absolute Gasteiger partial charge is 0.495 e. The van der Waals surface area contributed by atoms with Crippen molar-refractivity contribution in [2.24, 2.45) is 0 Å². The van der Waals surface area contributed by atoms with E-state index in [2.05, 4.69) is 10.3 Å². The molecule has 4 rings (SSSR count). The number of hydrogen-bond acceptors (Lipinski definition) is 6. The van der Waals surface area contributed by atoms with Crippen LogP contribution in [0.5, 0.6) is 5.75 Å². The quantitative estimate of drug-likeness (QED) is 0.321. The van der Waals surface area contributed by atoms with Crippen molar-refractivity contribution in [2.75, 3.05) is 18.2 Å². The molecule has 0 saturated heterocycles. The molecule has 0 fully saturated rings. The van der Waals surface area contributed by atoms with Gasteiger partial charge in [-0.2, -0.15) is 5.26 Å². The van der Waals surface area contributed by atoms with E-state index >= 15 is 0 Å². The van der Waals surface area contributed by atoms with Crippen molar-refractivity contribution in [3.8, 4) is 17.5 Å². The second-order valence-corrected chi connectivity index (χ2v) is 8.27. The summed E-state index contributed by atoms with van der Waals surface area (Å²) in [5.41, 5.74) is 1.73. The average molecular weight is 477 g/mol. The van der Waals surface area contributed by atoms with Gasteiger partial charge in [0.25, 0.3) is 5.56 Å². The van der Waals surface area contributed by atoms with Crippen LogP contribution in [0.4, 0.5) is 5.69 Å². The molecule has 0 bridgehead atoms. The van der Waals surface area contributed by atoms with Crippen molar-refractivity contribution >= 4 is 45.9 Å². The van der Waals surface area contributed by atoms with Crippen LogP contribution in [0.3, 0.4) is 0 Å². The molecule has 4 aromatic rings. The van der Waals surface area contributed by atoms with Crippen molar-refractivity contribution < 1.29 is 9.53 Å². The van der Waals surface area contributed by atoms with E-state index in [1.807, 2.05) is 6.07 Å². The van der Waals surface area contributed by atoms with Crippen LogP contribution in [-0.2, 0) is 4.79 Å². The van der Waals surface area contributed by atoms with E-state index in [-0.39, 0.29) is 17.2 Å². The summed E-state index contributed by atoms with van der Waals surface area (Å²) in [5.74, 6) is 0.225. The molecule has 0 aliphatic carbocycles. The number of para-hydroxylation sites is 2. The van der Waals surface area contributed by atoms with Gasteiger partial charge in [0.1, 0.15) is 5.75 Å². The molecule has 0 aliphatic heterocycles. The maximum Gasteiger partial charge on any atom is 0.266 e. The summed E-state index contributed by atoms with van der Waals surface area (Å²) < 4.78 is 6.88. The van der Waals surface area contributed by atoms with Crippen molar-refractivity contribution in [1.29, 1.82) is 5.26 Å². The summed E-state index contributed by atoms with van der Waals surface area (Å²) in [6.45, 7) is 0. The number of methoxy groups -OCH3 is 1. The lowest BCUT2D eigenvalue weighted by Gasteiger charge is -2.15. The van der Waals surface area contributed by atoms with E-state index in [9.17, 15) is 9.59 Å². The molecule has 7 nitrogen and oxygen atoms in total. The minimum atomic E-state index is -0.295. The summed E-state index contributed by atoms with van der Waals surface area (Å²) in [5, 5.41) is 12.9. The predicted molar refractivity (Wildman–Crippen MR) is 129 cm³/mol. The number of nitrogens with one attached hydrogen (secondary N) is 1. The molecule has 1 amide bonds. The van der Waals surface area contributed by atoms with Crippen LogP contribution in [0.15, 0.2) is 76.7 Å². The molecule has 164 valence electrons. The van der Waals surface area contributed by atoms with Crippen LogP contribution in [0.25, 0.3) is 16.6 Å². The van der Waals surface area contributed by atoms with E-state index in [1.165, 1.54) is 11.7 Å². The number of hydrogen-bond donors (Lipinski definition) is 1. The second kappa shape index (κ2) is 9.77. The minimum Gasteiger partial charge on any atom is -0.495 e. The Morgan fingerprint density at radius 1 is 1.18 bits per heavy atom. The Morgan fingerprint density at radius 3 is 2.67 bits per heavy atom. The monoisotopic (exact) mass is 476 g/mol. The highest BCUT2D eigenvalue weighted by atomic mass is 35.5. The zero-order valence-corrected chi connectivity index (χ0v) is 19.0. The van der Waals surface area contributed by atoms with Gasteiger partial charge in [-0.05, 0) is 54.6 Å². The first-order valence-electron chi connectivity index (χ1n) is 9.78. The summed E-state index contributed by atoms with van der Waals surface area (Å²) >= 11 is 7.23. The molecule has 1 N–H and O–H groups in total. The molecule has 0 spiro atoms. The summed E-state index contributed by atoms with van der Waals surface area (Å²) in [7, 11) is 1.52. The van der Waals surface area contributed by atoms with Gasteiger partial charge in [-0.1, -0.05) is 35.5 Å². The summed E-state index contributed by atoms with van der Waals surface area (Å²) in [6, 6.07) is 20.6. The smallest absolute Gasteiger partial charge is 0.266 e. The van der Waals surface area contributed by atoms with E-state index in [0.717, 1.165) is 11.8 Å². The molecule has 0 aliphatic rings. The lowest BCUT2D eigenvalue weighted by atomic mass is 10.2. The van der Waals surface area contributed by atoms with Gasteiger partial charge in [-0.15, -0.1) is 0 Å². The number of nitriles is 1. The number of thioether (sulfide) groups is 1. The Balaban J connectivity index is 1.70. The standard InChI is InChI=1S/C24H17ClN4O3S/c1-32-21-5-3-2-4-20(21)29-23(31)18-11-8-16(25)12-19(18)28-24(29)33-14-22(30)27-17-9-6-15(13-26)7-10-17/h2-12H,14H2,1H3,(H,27,30).